The van der Waals surface area contributed by atoms with Crippen LogP contribution in [0.5, 0.6) is 0 Å². The Labute approximate surface area is 126 Å². The minimum atomic E-state index is 0.746. The molecule has 3 unspecified atom stereocenters. The van der Waals surface area contributed by atoms with Gasteiger partial charge < -0.3 is 10.2 Å². The predicted octanol–water partition coefficient (Wildman–Crippen LogP) is 2.57. The fraction of sp³-hybridized carbons (Fsp3) is 1.00. The second-order valence-electron chi connectivity index (χ2n) is 6.97. The molecule has 0 bridgehead atoms. The largest absolute Gasteiger partial charge is 0.317 e. The lowest BCUT2D eigenvalue weighted by Crippen LogP contribution is -2.46. The third kappa shape index (κ3) is 4.44. The Morgan fingerprint density at radius 3 is 2.60 bits per heavy atom. The quantitative estimate of drug-likeness (QED) is 0.799. The molecule has 1 saturated heterocycles. The lowest BCUT2D eigenvalue weighted by molar-refractivity contribution is 0.140. The van der Waals surface area contributed by atoms with Gasteiger partial charge >= 0.3 is 0 Å². The standard InChI is InChI=1S/C17H35N3/c1-4-16-14-19(3)11-8-12-20(16)13-15-9-6-5-7-10-17(15)18-2/h15-18H,4-14H2,1-3H3. The molecule has 1 aliphatic heterocycles. The van der Waals surface area contributed by atoms with E-state index in [1.54, 1.807) is 0 Å². The topological polar surface area (TPSA) is 18.5 Å². The Morgan fingerprint density at radius 1 is 1.05 bits per heavy atom. The minimum Gasteiger partial charge on any atom is -0.317 e. The van der Waals surface area contributed by atoms with Gasteiger partial charge in [-0.25, -0.2) is 0 Å². The van der Waals surface area contributed by atoms with Crippen LogP contribution in [0, 0.1) is 5.92 Å². The lowest BCUT2D eigenvalue weighted by atomic mass is 9.93. The van der Waals surface area contributed by atoms with Crippen LogP contribution < -0.4 is 5.32 Å². The second-order valence-corrected chi connectivity index (χ2v) is 6.97. The summed E-state index contributed by atoms with van der Waals surface area (Å²) in [6.07, 6.45) is 9.73. The summed E-state index contributed by atoms with van der Waals surface area (Å²) < 4.78 is 0. The van der Waals surface area contributed by atoms with E-state index in [-0.39, 0.29) is 0 Å². The van der Waals surface area contributed by atoms with Crippen molar-refractivity contribution in [1.29, 1.82) is 0 Å². The molecule has 1 N–H and O–H groups in total. The van der Waals surface area contributed by atoms with Crippen molar-refractivity contribution in [2.45, 2.75) is 64.0 Å². The number of hydrogen-bond donors (Lipinski definition) is 1. The summed E-state index contributed by atoms with van der Waals surface area (Å²) in [5.41, 5.74) is 0. The molecule has 1 saturated carbocycles. The Hall–Kier alpha value is -0.120. The molecule has 3 heteroatoms. The van der Waals surface area contributed by atoms with Crippen LogP contribution in [0.4, 0.5) is 0 Å². The number of nitrogens with zero attached hydrogens (tertiary/aromatic N) is 2. The molecule has 3 atom stereocenters. The molecule has 0 radical (unpaired) electrons. The average molecular weight is 281 g/mol. The molecule has 1 aliphatic carbocycles. The highest BCUT2D eigenvalue weighted by Crippen LogP contribution is 2.26. The number of hydrogen-bond acceptors (Lipinski definition) is 3. The Balaban J connectivity index is 1.97. The highest BCUT2D eigenvalue weighted by Gasteiger charge is 2.28. The molecule has 0 aromatic rings. The third-order valence-electron chi connectivity index (χ3n) is 5.49. The molecule has 0 aromatic heterocycles. The Morgan fingerprint density at radius 2 is 1.85 bits per heavy atom. The maximum absolute atomic E-state index is 3.60. The van der Waals surface area contributed by atoms with Crippen LogP contribution >= 0.6 is 0 Å². The summed E-state index contributed by atoms with van der Waals surface area (Å²) >= 11 is 0. The van der Waals surface area contributed by atoms with Crippen molar-refractivity contribution in [3.63, 3.8) is 0 Å². The van der Waals surface area contributed by atoms with Gasteiger partial charge in [0.15, 0.2) is 0 Å². The lowest BCUT2D eigenvalue weighted by Gasteiger charge is -2.35. The SMILES string of the molecule is CCC1CN(C)CCCN1CC1CCCCCC1NC. The van der Waals surface area contributed by atoms with Crippen LogP contribution in [-0.4, -0.2) is 62.2 Å². The predicted molar refractivity (Wildman–Crippen MR) is 87.2 cm³/mol. The van der Waals surface area contributed by atoms with Crippen LogP contribution in [0.25, 0.3) is 0 Å². The zero-order valence-electron chi connectivity index (χ0n) is 13.9. The zero-order chi connectivity index (χ0) is 14.4. The van der Waals surface area contributed by atoms with Gasteiger partial charge in [-0.05, 0) is 58.8 Å². The van der Waals surface area contributed by atoms with Crippen molar-refractivity contribution in [2.24, 2.45) is 5.92 Å². The average Bonchev–Trinajstić information content (AvgIpc) is 2.77. The number of rotatable bonds is 4. The second kappa shape index (κ2) is 8.35. The van der Waals surface area contributed by atoms with Crippen LogP contribution in [0.1, 0.15) is 51.9 Å². The molecule has 2 aliphatic rings. The first-order valence-electron chi connectivity index (χ1n) is 8.84. The zero-order valence-corrected chi connectivity index (χ0v) is 13.9. The molecule has 20 heavy (non-hydrogen) atoms. The summed E-state index contributed by atoms with van der Waals surface area (Å²) in [6.45, 7) is 7.51. The summed E-state index contributed by atoms with van der Waals surface area (Å²) in [7, 11) is 4.45. The molecule has 3 nitrogen and oxygen atoms in total. The first-order chi connectivity index (χ1) is 9.74. The summed E-state index contributed by atoms with van der Waals surface area (Å²) in [5, 5.41) is 3.60. The van der Waals surface area contributed by atoms with E-state index in [1.165, 1.54) is 71.1 Å². The molecular formula is C17H35N3. The first-order valence-corrected chi connectivity index (χ1v) is 8.84. The van der Waals surface area contributed by atoms with E-state index >= 15 is 0 Å². The molecular weight excluding hydrogens is 246 g/mol. The normalized spacial score (nSPS) is 34.6. The van der Waals surface area contributed by atoms with Crippen molar-refractivity contribution in [3.05, 3.63) is 0 Å². The fourth-order valence-electron chi connectivity index (χ4n) is 4.20. The van der Waals surface area contributed by atoms with E-state index in [2.05, 4.69) is 36.1 Å². The molecule has 0 spiro atoms. The maximum atomic E-state index is 3.60. The monoisotopic (exact) mass is 281 g/mol. The van der Waals surface area contributed by atoms with E-state index in [1.807, 2.05) is 0 Å². The first kappa shape index (κ1) is 16.3. The number of likely N-dealkylation sites (N-methyl/N-ethyl adjacent to an activating group) is 1. The van der Waals surface area contributed by atoms with Gasteiger partial charge in [-0.3, -0.25) is 4.90 Å². The summed E-state index contributed by atoms with van der Waals surface area (Å²) in [6, 6.07) is 1.51. The molecule has 118 valence electrons. The van der Waals surface area contributed by atoms with Crippen LogP contribution in [0.3, 0.4) is 0 Å². The highest BCUT2D eigenvalue weighted by atomic mass is 15.2. The van der Waals surface area contributed by atoms with Crippen LogP contribution in [0.2, 0.25) is 0 Å². The van der Waals surface area contributed by atoms with E-state index in [0.717, 1.165) is 18.0 Å². The van der Waals surface area contributed by atoms with Crippen LogP contribution in [-0.2, 0) is 0 Å². The van der Waals surface area contributed by atoms with Gasteiger partial charge in [0.25, 0.3) is 0 Å². The van der Waals surface area contributed by atoms with Crippen molar-refractivity contribution >= 4 is 0 Å². The Kier molecular flexibility index (Phi) is 6.79. The Bertz CT molecular complexity index is 269. The van der Waals surface area contributed by atoms with Crippen molar-refractivity contribution < 1.29 is 0 Å². The summed E-state index contributed by atoms with van der Waals surface area (Å²) in [4.78, 5) is 5.33. The van der Waals surface area contributed by atoms with Gasteiger partial charge in [-0.2, -0.15) is 0 Å². The van der Waals surface area contributed by atoms with Gasteiger partial charge in [-0.15, -0.1) is 0 Å². The van der Waals surface area contributed by atoms with Gasteiger partial charge in [0, 0.05) is 25.2 Å². The van der Waals surface area contributed by atoms with E-state index in [9.17, 15) is 0 Å². The molecule has 1 heterocycles. The molecule has 0 aromatic carbocycles. The maximum Gasteiger partial charge on any atom is 0.0220 e. The van der Waals surface area contributed by atoms with Gasteiger partial charge in [0.2, 0.25) is 0 Å². The van der Waals surface area contributed by atoms with E-state index in [0.29, 0.717) is 0 Å². The van der Waals surface area contributed by atoms with Gasteiger partial charge in [0.05, 0.1) is 0 Å². The molecule has 2 rings (SSSR count). The van der Waals surface area contributed by atoms with Crippen molar-refractivity contribution in [1.82, 2.24) is 15.1 Å². The highest BCUT2D eigenvalue weighted by molar-refractivity contribution is 4.85. The van der Waals surface area contributed by atoms with Gasteiger partial charge in [0.1, 0.15) is 0 Å². The van der Waals surface area contributed by atoms with Crippen LogP contribution in [0.15, 0.2) is 0 Å². The molecule has 0 amide bonds. The van der Waals surface area contributed by atoms with E-state index < -0.39 is 0 Å². The van der Waals surface area contributed by atoms with Gasteiger partial charge in [-0.1, -0.05) is 26.2 Å². The smallest absolute Gasteiger partial charge is 0.0220 e. The number of nitrogens with one attached hydrogen (secondary N) is 1. The van der Waals surface area contributed by atoms with E-state index in [4.69, 9.17) is 0 Å². The fourth-order valence-corrected chi connectivity index (χ4v) is 4.20. The van der Waals surface area contributed by atoms with Crippen molar-refractivity contribution in [2.75, 3.05) is 40.3 Å². The molecule has 2 fully saturated rings. The third-order valence-corrected chi connectivity index (χ3v) is 5.49. The minimum absolute atomic E-state index is 0.746. The van der Waals surface area contributed by atoms with Crippen molar-refractivity contribution in [3.8, 4) is 0 Å². The summed E-state index contributed by atoms with van der Waals surface area (Å²) in [5.74, 6) is 0.861.